The Bertz CT molecular complexity index is 492. The van der Waals surface area contributed by atoms with Crippen molar-refractivity contribution < 1.29 is 9.53 Å². The third-order valence-corrected chi connectivity index (χ3v) is 3.19. The molecule has 1 heterocycles. The van der Waals surface area contributed by atoms with Crippen molar-refractivity contribution >= 4 is 33.5 Å². The van der Waals surface area contributed by atoms with Crippen molar-refractivity contribution in [3.05, 3.63) is 41.3 Å². The van der Waals surface area contributed by atoms with Gasteiger partial charge in [0.1, 0.15) is 6.61 Å². The van der Waals surface area contributed by atoms with Crippen LogP contribution in [0.5, 0.6) is 0 Å². The predicted octanol–water partition coefficient (Wildman–Crippen LogP) is 3.48. The van der Waals surface area contributed by atoms with Crippen LogP contribution in [0, 0.1) is 0 Å². The Kier molecular flexibility index (Phi) is 3.37. The summed E-state index contributed by atoms with van der Waals surface area (Å²) in [5, 5.41) is 1.25. The van der Waals surface area contributed by atoms with E-state index in [9.17, 15) is 4.79 Å². The lowest BCUT2D eigenvalue weighted by Gasteiger charge is -1.93. The molecule has 82 valence electrons. The standard InChI is InChI=1S/C13H12O2S/c1-10(14)15-8-4-6-12-9-11-5-2-3-7-13(11)16-12/h2-7,9H,8H2,1H3/b6-4+. The quantitative estimate of drug-likeness (QED) is 0.757. The zero-order chi connectivity index (χ0) is 11.4. The summed E-state index contributed by atoms with van der Waals surface area (Å²) in [5.74, 6) is -0.249. The molecule has 1 aromatic heterocycles. The predicted molar refractivity (Wildman–Crippen MR) is 67.5 cm³/mol. The molecular formula is C13H12O2S. The monoisotopic (exact) mass is 232 g/mol. The fraction of sp³-hybridized carbons (Fsp3) is 0.154. The number of esters is 1. The van der Waals surface area contributed by atoms with Crippen LogP contribution in [-0.4, -0.2) is 12.6 Å². The molecule has 0 aliphatic rings. The van der Waals surface area contributed by atoms with Gasteiger partial charge in [-0.15, -0.1) is 11.3 Å². The van der Waals surface area contributed by atoms with Crippen LogP contribution in [0.4, 0.5) is 0 Å². The van der Waals surface area contributed by atoms with Crippen molar-refractivity contribution in [1.29, 1.82) is 0 Å². The maximum atomic E-state index is 10.5. The van der Waals surface area contributed by atoms with Gasteiger partial charge in [0.05, 0.1) is 0 Å². The third-order valence-electron chi connectivity index (χ3n) is 2.11. The molecule has 0 aliphatic heterocycles. The largest absolute Gasteiger partial charge is 0.462 e. The number of hydrogen-bond donors (Lipinski definition) is 0. The highest BCUT2D eigenvalue weighted by Gasteiger charge is 1.97. The topological polar surface area (TPSA) is 26.3 Å². The third kappa shape index (κ3) is 2.70. The van der Waals surface area contributed by atoms with E-state index in [2.05, 4.69) is 18.2 Å². The van der Waals surface area contributed by atoms with Gasteiger partial charge in [0.25, 0.3) is 0 Å². The normalized spacial score (nSPS) is 11.1. The van der Waals surface area contributed by atoms with Crippen LogP contribution in [0.15, 0.2) is 36.4 Å². The summed E-state index contributed by atoms with van der Waals surface area (Å²) in [5.41, 5.74) is 0. The molecule has 0 aliphatic carbocycles. The smallest absolute Gasteiger partial charge is 0.302 e. The minimum Gasteiger partial charge on any atom is -0.462 e. The fourth-order valence-corrected chi connectivity index (χ4v) is 2.41. The minimum absolute atomic E-state index is 0.249. The summed E-state index contributed by atoms with van der Waals surface area (Å²) < 4.78 is 6.09. The van der Waals surface area contributed by atoms with E-state index >= 15 is 0 Å². The van der Waals surface area contributed by atoms with Crippen molar-refractivity contribution in [3.8, 4) is 0 Å². The van der Waals surface area contributed by atoms with Gasteiger partial charge in [-0.1, -0.05) is 18.2 Å². The first-order valence-electron chi connectivity index (χ1n) is 5.04. The van der Waals surface area contributed by atoms with Crippen LogP contribution < -0.4 is 0 Å². The number of hydrogen-bond acceptors (Lipinski definition) is 3. The molecule has 0 amide bonds. The Hall–Kier alpha value is -1.61. The average Bonchev–Trinajstić information content (AvgIpc) is 2.66. The lowest BCUT2D eigenvalue weighted by atomic mass is 10.2. The van der Waals surface area contributed by atoms with Crippen LogP contribution in [0.3, 0.4) is 0 Å². The van der Waals surface area contributed by atoms with E-state index in [-0.39, 0.29) is 5.97 Å². The second-order valence-electron chi connectivity index (χ2n) is 3.39. The van der Waals surface area contributed by atoms with E-state index in [1.165, 1.54) is 21.9 Å². The summed E-state index contributed by atoms with van der Waals surface area (Å²) in [6, 6.07) is 10.4. The van der Waals surface area contributed by atoms with E-state index in [4.69, 9.17) is 4.74 Å². The molecule has 0 atom stereocenters. The maximum Gasteiger partial charge on any atom is 0.302 e. The molecule has 3 heteroatoms. The molecule has 0 radical (unpaired) electrons. The Balaban J connectivity index is 2.06. The summed E-state index contributed by atoms with van der Waals surface area (Å²) >= 11 is 1.73. The number of carbonyl (C=O) groups is 1. The highest BCUT2D eigenvalue weighted by molar-refractivity contribution is 7.19. The first-order chi connectivity index (χ1) is 7.75. The molecule has 0 saturated carbocycles. The van der Waals surface area contributed by atoms with Gasteiger partial charge in [-0.05, 0) is 29.7 Å². The Morgan fingerprint density at radius 1 is 1.44 bits per heavy atom. The first kappa shape index (κ1) is 10.9. The summed E-state index contributed by atoms with van der Waals surface area (Å²) in [7, 11) is 0. The molecule has 0 spiro atoms. The Morgan fingerprint density at radius 3 is 3.00 bits per heavy atom. The van der Waals surface area contributed by atoms with E-state index < -0.39 is 0 Å². The van der Waals surface area contributed by atoms with Crippen LogP contribution in [-0.2, 0) is 9.53 Å². The zero-order valence-corrected chi connectivity index (χ0v) is 9.79. The van der Waals surface area contributed by atoms with Gasteiger partial charge in [-0.25, -0.2) is 0 Å². The number of benzene rings is 1. The number of rotatable bonds is 3. The van der Waals surface area contributed by atoms with E-state index in [1.54, 1.807) is 11.3 Å². The molecule has 16 heavy (non-hydrogen) atoms. The molecule has 2 rings (SSSR count). The van der Waals surface area contributed by atoms with Gasteiger partial charge in [-0.3, -0.25) is 4.79 Å². The molecule has 0 unspecified atom stereocenters. The van der Waals surface area contributed by atoms with Gasteiger partial charge in [-0.2, -0.15) is 0 Å². The van der Waals surface area contributed by atoms with E-state index in [1.807, 2.05) is 24.3 Å². The maximum absolute atomic E-state index is 10.5. The second-order valence-corrected chi connectivity index (χ2v) is 4.51. The Morgan fingerprint density at radius 2 is 2.25 bits per heavy atom. The van der Waals surface area contributed by atoms with Gasteiger partial charge in [0, 0.05) is 16.5 Å². The molecular weight excluding hydrogens is 220 g/mol. The fourth-order valence-electron chi connectivity index (χ4n) is 1.41. The van der Waals surface area contributed by atoms with Gasteiger partial charge < -0.3 is 4.74 Å². The van der Waals surface area contributed by atoms with Crippen molar-refractivity contribution in [1.82, 2.24) is 0 Å². The van der Waals surface area contributed by atoms with Gasteiger partial charge >= 0.3 is 5.97 Å². The molecule has 2 aromatic rings. The molecule has 0 fully saturated rings. The summed E-state index contributed by atoms with van der Waals surface area (Å²) in [4.78, 5) is 11.7. The minimum atomic E-state index is -0.249. The SMILES string of the molecule is CC(=O)OC/C=C/c1cc2ccccc2s1. The number of thiophene rings is 1. The van der Waals surface area contributed by atoms with Crippen molar-refractivity contribution in [2.75, 3.05) is 6.61 Å². The number of fused-ring (bicyclic) bond motifs is 1. The molecule has 0 bridgehead atoms. The number of carbonyl (C=O) groups excluding carboxylic acids is 1. The zero-order valence-electron chi connectivity index (χ0n) is 8.97. The average molecular weight is 232 g/mol. The highest BCUT2D eigenvalue weighted by Crippen LogP contribution is 2.25. The second kappa shape index (κ2) is 4.94. The summed E-state index contributed by atoms with van der Waals surface area (Å²) in [6.45, 7) is 1.75. The van der Waals surface area contributed by atoms with Crippen LogP contribution in [0.1, 0.15) is 11.8 Å². The van der Waals surface area contributed by atoms with Crippen LogP contribution >= 0.6 is 11.3 Å². The van der Waals surface area contributed by atoms with Crippen LogP contribution in [0.2, 0.25) is 0 Å². The lowest BCUT2D eigenvalue weighted by Crippen LogP contribution is -1.96. The highest BCUT2D eigenvalue weighted by atomic mass is 32.1. The van der Waals surface area contributed by atoms with E-state index in [0.717, 1.165) is 0 Å². The molecule has 2 nitrogen and oxygen atoms in total. The van der Waals surface area contributed by atoms with Crippen molar-refractivity contribution in [2.24, 2.45) is 0 Å². The van der Waals surface area contributed by atoms with E-state index in [0.29, 0.717) is 6.61 Å². The number of ether oxygens (including phenoxy) is 1. The molecule has 0 saturated heterocycles. The molecule has 1 aromatic carbocycles. The Labute approximate surface area is 98.2 Å². The van der Waals surface area contributed by atoms with Gasteiger partial charge in [0.15, 0.2) is 0 Å². The molecule has 0 N–H and O–H groups in total. The van der Waals surface area contributed by atoms with Crippen LogP contribution in [0.25, 0.3) is 16.2 Å². The van der Waals surface area contributed by atoms with Crippen molar-refractivity contribution in [2.45, 2.75) is 6.92 Å². The first-order valence-corrected chi connectivity index (χ1v) is 5.86. The van der Waals surface area contributed by atoms with Gasteiger partial charge in [0.2, 0.25) is 0 Å². The van der Waals surface area contributed by atoms with Crippen molar-refractivity contribution in [3.63, 3.8) is 0 Å². The lowest BCUT2D eigenvalue weighted by molar-refractivity contribution is -0.139. The summed E-state index contributed by atoms with van der Waals surface area (Å²) in [6.07, 6.45) is 3.83.